The van der Waals surface area contributed by atoms with E-state index in [1.54, 1.807) is 20.9 Å². The van der Waals surface area contributed by atoms with Crippen molar-refractivity contribution in [3.63, 3.8) is 0 Å². The van der Waals surface area contributed by atoms with Crippen LogP contribution in [0.5, 0.6) is 0 Å². The van der Waals surface area contributed by atoms with Gasteiger partial charge < -0.3 is 10.0 Å². The molecule has 80 valence electrons. The molecule has 0 rings (SSSR count). The van der Waals surface area contributed by atoms with Gasteiger partial charge in [0.1, 0.15) is 0 Å². The maximum Gasteiger partial charge on any atom is 0.308 e. The van der Waals surface area contributed by atoms with Crippen LogP contribution >= 0.6 is 0 Å². The molecule has 0 aromatic carbocycles. The molecule has 0 aliphatic heterocycles. The molecule has 4 nitrogen and oxygen atoms in total. The van der Waals surface area contributed by atoms with Crippen LogP contribution in [0.3, 0.4) is 0 Å². The minimum atomic E-state index is -0.867. The van der Waals surface area contributed by atoms with Gasteiger partial charge in [-0.15, -0.1) is 0 Å². The SMILES string of the molecule is C=C(C)C(=O)N(C)CC(CC)C(=O)O. The fraction of sp³-hybridized carbons (Fsp3) is 0.600. The summed E-state index contributed by atoms with van der Waals surface area (Å²) in [5.74, 6) is -1.57. The highest BCUT2D eigenvalue weighted by molar-refractivity contribution is 5.92. The van der Waals surface area contributed by atoms with Gasteiger partial charge in [0.05, 0.1) is 5.92 Å². The van der Waals surface area contributed by atoms with Crippen LogP contribution in [0.2, 0.25) is 0 Å². The van der Waals surface area contributed by atoms with E-state index in [1.807, 2.05) is 0 Å². The number of nitrogens with zero attached hydrogens (tertiary/aromatic N) is 1. The molecule has 1 amide bonds. The standard InChI is InChI=1S/C10H17NO3/c1-5-8(10(13)14)6-11(4)9(12)7(2)3/h8H,2,5-6H2,1,3-4H3,(H,13,14). The lowest BCUT2D eigenvalue weighted by Gasteiger charge is -2.20. The molecule has 0 bridgehead atoms. The predicted octanol–water partition coefficient (Wildman–Crippen LogP) is 1.13. The van der Waals surface area contributed by atoms with Gasteiger partial charge in [0.25, 0.3) is 0 Å². The molecule has 4 heteroatoms. The zero-order valence-electron chi connectivity index (χ0n) is 8.91. The third-order valence-corrected chi connectivity index (χ3v) is 2.05. The first-order valence-corrected chi connectivity index (χ1v) is 4.53. The summed E-state index contributed by atoms with van der Waals surface area (Å²) < 4.78 is 0. The maximum atomic E-state index is 11.4. The van der Waals surface area contributed by atoms with E-state index in [0.717, 1.165) is 0 Å². The third kappa shape index (κ3) is 3.60. The highest BCUT2D eigenvalue weighted by Crippen LogP contribution is 2.06. The molecule has 1 unspecified atom stereocenters. The zero-order valence-corrected chi connectivity index (χ0v) is 8.91. The van der Waals surface area contributed by atoms with E-state index in [-0.39, 0.29) is 12.5 Å². The second kappa shape index (κ2) is 5.42. The average molecular weight is 199 g/mol. The molecular formula is C10H17NO3. The van der Waals surface area contributed by atoms with E-state index in [1.165, 1.54) is 4.90 Å². The quantitative estimate of drug-likeness (QED) is 0.675. The van der Waals surface area contributed by atoms with Gasteiger partial charge in [0, 0.05) is 19.2 Å². The van der Waals surface area contributed by atoms with Crippen molar-refractivity contribution in [3.8, 4) is 0 Å². The second-order valence-corrected chi connectivity index (χ2v) is 3.41. The largest absolute Gasteiger partial charge is 0.481 e. The molecule has 0 saturated heterocycles. The fourth-order valence-corrected chi connectivity index (χ4v) is 1.12. The van der Waals surface area contributed by atoms with Gasteiger partial charge in [0.2, 0.25) is 5.91 Å². The van der Waals surface area contributed by atoms with E-state index in [4.69, 9.17) is 5.11 Å². The molecule has 0 saturated carbocycles. The normalized spacial score (nSPS) is 11.9. The first-order valence-electron chi connectivity index (χ1n) is 4.53. The Morgan fingerprint density at radius 1 is 1.50 bits per heavy atom. The monoisotopic (exact) mass is 199 g/mol. The topological polar surface area (TPSA) is 57.6 Å². The molecule has 0 fully saturated rings. The maximum absolute atomic E-state index is 11.4. The van der Waals surface area contributed by atoms with Gasteiger partial charge in [-0.2, -0.15) is 0 Å². The Labute approximate surface area is 84.2 Å². The molecule has 0 spiro atoms. The van der Waals surface area contributed by atoms with Crippen molar-refractivity contribution in [3.05, 3.63) is 12.2 Å². The number of hydrogen-bond donors (Lipinski definition) is 1. The summed E-state index contributed by atoms with van der Waals surface area (Å²) in [4.78, 5) is 23.4. The number of aliphatic carboxylic acids is 1. The average Bonchev–Trinajstić information content (AvgIpc) is 2.11. The molecule has 0 aliphatic rings. The predicted molar refractivity (Wildman–Crippen MR) is 53.9 cm³/mol. The van der Waals surface area contributed by atoms with Crippen LogP contribution < -0.4 is 0 Å². The third-order valence-electron chi connectivity index (χ3n) is 2.05. The lowest BCUT2D eigenvalue weighted by Crippen LogP contribution is -2.34. The lowest BCUT2D eigenvalue weighted by atomic mass is 10.1. The van der Waals surface area contributed by atoms with Gasteiger partial charge >= 0.3 is 5.97 Å². The summed E-state index contributed by atoms with van der Waals surface area (Å²) in [6.07, 6.45) is 0.517. The minimum absolute atomic E-state index is 0.204. The molecule has 0 radical (unpaired) electrons. The molecule has 0 aliphatic carbocycles. The van der Waals surface area contributed by atoms with Crippen molar-refractivity contribution in [1.29, 1.82) is 0 Å². The Hall–Kier alpha value is -1.32. The molecule has 1 atom stereocenters. The fourth-order valence-electron chi connectivity index (χ4n) is 1.12. The van der Waals surface area contributed by atoms with Gasteiger partial charge in [0.15, 0.2) is 0 Å². The molecule has 0 heterocycles. The summed E-state index contributed by atoms with van der Waals surface area (Å²) in [5, 5.41) is 8.78. The van der Waals surface area contributed by atoms with Gasteiger partial charge in [-0.25, -0.2) is 0 Å². The number of likely N-dealkylation sites (N-methyl/N-ethyl adjacent to an activating group) is 1. The Kier molecular flexibility index (Phi) is 4.91. The number of carbonyl (C=O) groups is 2. The van der Waals surface area contributed by atoms with E-state index in [0.29, 0.717) is 12.0 Å². The molecule has 0 aromatic heterocycles. The summed E-state index contributed by atoms with van der Waals surface area (Å²) >= 11 is 0. The van der Waals surface area contributed by atoms with E-state index < -0.39 is 11.9 Å². The van der Waals surface area contributed by atoms with Gasteiger partial charge in [-0.3, -0.25) is 9.59 Å². The smallest absolute Gasteiger partial charge is 0.308 e. The number of carbonyl (C=O) groups excluding carboxylic acids is 1. The van der Waals surface area contributed by atoms with Crippen LogP contribution in [0.1, 0.15) is 20.3 Å². The van der Waals surface area contributed by atoms with Crippen LogP contribution in [0.25, 0.3) is 0 Å². The van der Waals surface area contributed by atoms with Crippen LogP contribution in [-0.2, 0) is 9.59 Å². The number of rotatable bonds is 5. The van der Waals surface area contributed by atoms with Crippen LogP contribution in [-0.4, -0.2) is 35.5 Å². The van der Waals surface area contributed by atoms with Crippen molar-refractivity contribution in [2.45, 2.75) is 20.3 Å². The zero-order chi connectivity index (χ0) is 11.3. The minimum Gasteiger partial charge on any atom is -0.481 e. The Bertz CT molecular complexity index is 248. The summed E-state index contributed by atoms with van der Waals surface area (Å²) in [6.45, 7) is 7.15. The van der Waals surface area contributed by atoms with E-state index in [9.17, 15) is 9.59 Å². The molecule has 1 N–H and O–H groups in total. The van der Waals surface area contributed by atoms with Gasteiger partial charge in [-0.05, 0) is 13.3 Å². The molecule has 14 heavy (non-hydrogen) atoms. The number of hydrogen-bond acceptors (Lipinski definition) is 2. The Balaban J connectivity index is 4.29. The van der Waals surface area contributed by atoms with E-state index in [2.05, 4.69) is 6.58 Å². The van der Waals surface area contributed by atoms with Crippen molar-refractivity contribution in [2.75, 3.05) is 13.6 Å². The number of carboxylic acid groups (broad SMARTS) is 1. The Morgan fingerprint density at radius 2 is 2.00 bits per heavy atom. The first-order chi connectivity index (χ1) is 6.40. The van der Waals surface area contributed by atoms with Gasteiger partial charge in [-0.1, -0.05) is 13.5 Å². The second-order valence-electron chi connectivity index (χ2n) is 3.41. The van der Waals surface area contributed by atoms with Crippen molar-refractivity contribution >= 4 is 11.9 Å². The van der Waals surface area contributed by atoms with Crippen LogP contribution in [0.4, 0.5) is 0 Å². The summed E-state index contributed by atoms with van der Waals surface area (Å²) in [5.41, 5.74) is 0.424. The highest BCUT2D eigenvalue weighted by Gasteiger charge is 2.19. The van der Waals surface area contributed by atoms with E-state index >= 15 is 0 Å². The number of carboxylic acids is 1. The number of amides is 1. The molecular weight excluding hydrogens is 182 g/mol. The van der Waals surface area contributed by atoms with Crippen molar-refractivity contribution < 1.29 is 14.7 Å². The van der Waals surface area contributed by atoms with Crippen LogP contribution in [0.15, 0.2) is 12.2 Å². The highest BCUT2D eigenvalue weighted by atomic mass is 16.4. The first kappa shape index (κ1) is 12.7. The Morgan fingerprint density at radius 3 is 2.29 bits per heavy atom. The van der Waals surface area contributed by atoms with Crippen molar-refractivity contribution in [1.82, 2.24) is 4.90 Å². The summed E-state index contributed by atoms with van der Waals surface area (Å²) in [7, 11) is 1.59. The molecule has 0 aromatic rings. The lowest BCUT2D eigenvalue weighted by molar-refractivity contribution is -0.143. The van der Waals surface area contributed by atoms with Crippen molar-refractivity contribution in [2.24, 2.45) is 5.92 Å². The van der Waals surface area contributed by atoms with Crippen LogP contribution in [0, 0.1) is 5.92 Å². The summed E-state index contributed by atoms with van der Waals surface area (Å²) in [6, 6.07) is 0.